The highest BCUT2D eigenvalue weighted by Gasteiger charge is 2.48. The van der Waals surface area contributed by atoms with Gasteiger partial charge in [-0.1, -0.05) is 6.07 Å². The topological polar surface area (TPSA) is 46.2 Å². The van der Waals surface area contributed by atoms with Crippen LogP contribution in [0.4, 0.5) is 17.6 Å². The van der Waals surface area contributed by atoms with Crippen LogP contribution in [0, 0.1) is 5.82 Å². The molecule has 0 aliphatic carbocycles. The van der Waals surface area contributed by atoms with Crippen LogP contribution in [-0.4, -0.2) is 27.0 Å². The van der Waals surface area contributed by atoms with Gasteiger partial charge in [-0.25, -0.2) is 12.8 Å². The standard InChI is InChI=1S/C11H13F4NO2S/c1-7(16-2)5-8-3-4-9(12)6-10(8)19(17,18)11(13,14)15/h3-4,6-7,16H,5H2,1-2H3. The molecule has 0 saturated carbocycles. The third-order valence-electron chi connectivity index (χ3n) is 2.64. The summed E-state index contributed by atoms with van der Waals surface area (Å²) in [5.41, 5.74) is -5.51. The first-order valence-corrected chi connectivity index (χ1v) is 6.85. The van der Waals surface area contributed by atoms with Crippen molar-refractivity contribution in [2.24, 2.45) is 0 Å². The van der Waals surface area contributed by atoms with Crippen LogP contribution in [0.25, 0.3) is 0 Å². The molecule has 0 amide bonds. The Morgan fingerprint density at radius 1 is 1.32 bits per heavy atom. The summed E-state index contributed by atoms with van der Waals surface area (Å²) < 4.78 is 73.4. The maximum Gasteiger partial charge on any atom is 0.501 e. The van der Waals surface area contributed by atoms with Gasteiger partial charge in [0.25, 0.3) is 9.84 Å². The highest BCUT2D eigenvalue weighted by molar-refractivity contribution is 7.92. The fraction of sp³-hybridized carbons (Fsp3) is 0.455. The van der Waals surface area contributed by atoms with E-state index in [1.807, 2.05) is 0 Å². The maximum atomic E-state index is 13.0. The van der Waals surface area contributed by atoms with E-state index in [1.54, 1.807) is 14.0 Å². The summed E-state index contributed by atoms with van der Waals surface area (Å²) in [6, 6.07) is 2.16. The van der Waals surface area contributed by atoms with Gasteiger partial charge in [0.15, 0.2) is 0 Å². The smallest absolute Gasteiger partial charge is 0.317 e. The lowest BCUT2D eigenvalue weighted by molar-refractivity contribution is -0.0436. The van der Waals surface area contributed by atoms with Crippen LogP contribution in [0.1, 0.15) is 12.5 Å². The number of sulfone groups is 1. The molecule has 0 spiro atoms. The lowest BCUT2D eigenvalue weighted by atomic mass is 10.1. The van der Waals surface area contributed by atoms with Crippen molar-refractivity contribution in [3.05, 3.63) is 29.6 Å². The lowest BCUT2D eigenvalue weighted by Gasteiger charge is -2.15. The third-order valence-corrected chi connectivity index (χ3v) is 4.21. The second-order valence-corrected chi connectivity index (χ2v) is 6.00. The summed E-state index contributed by atoms with van der Waals surface area (Å²) in [6.07, 6.45) is 0.0431. The highest BCUT2D eigenvalue weighted by atomic mass is 32.2. The number of nitrogens with one attached hydrogen (secondary N) is 1. The average Bonchev–Trinajstić information content (AvgIpc) is 2.29. The van der Waals surface area contributed by atoms with Crippen LogP contribution in [0.15, 0.2) is 23.1 Å². The molecule has 0 bridgehead atoms. The molecule has 1 atom stereocenters. The molecule has 1 unspecified atom stereocenters. The molecule has 19 heavy (non-hydrogen) atoms. The minimum Gasteiger partial charge on any atom is -0.317 e. The largest absolute Gasteiger partial charge is 0.501 e. The van der Waals surface area contributed by atoms with Gasteiger partial charge < -0.3 is 5.32 Å². The van der Waals surface area contributed by atoms with Gasteiger partial charge in [0.2, 0.25) is 0 Å². The monoisotopic (exact) mass is 299 g/mol. The van der Waals surface area contributed by atoms with Crippen molar-refractivity contribution in [2.45, 2.75) is 29.8 Å². The number of halogens is 4. The van der Waals surface area contributed by atoms with E-state index in [1.165, 1.54) is 0 Å². The van der Waals surface area contributed by atoms with Gasteiger partial charge in [-0.15, -0.1) is 0 Å². The Morgan fingerprint density at radius 3 is 2.37 bits per heavy atom. The minimum absolute atomic E-state index is 0.0431. The van der Waals surface area contributed by atoms with Crippen molar-refractivity contribution >= 4 is 9.84 Å². The molecule has 1 rings (SSSR count). The summed E-state index contributed by atoms with van der Waals surface area (Å²) in [6.45, 7) is 1.67. The van der Waals surface area contributed by atoms with Crippen molar-refractivity contribution < 1.29 is 26.0 Å². The van der Waals surface area contributed by atoms with Crippen molar-refractivity contribution in [1.82, 2.24) is 5.32 Å². The predicted octanol–water partition coefficient (Wildman–Crippen LogP) is 2.27. The Morgan fingerprint density at radius 2 is 1.89 bits per heavy atom. The number of hydrogen-bond acceptors (Lipinski definition) is 3. The van der Waals surface area contributed by atoms with Gasteiger partial charge in [0, 0.05) is 6.04 Å². The highest BCUT2D eigenvalue weighted by Crippen LogP contribution is 2.33. The second kappa shape index (κ2) is 5.46. The number of likely N-dealkylation sites (N-methyl/N-ethyl adjacent to an activating group) is 1. The van der Waals surface area contributed by atoms with Gasteiger partial charge >= 0.3 is 5.51 Å². The predicted molar refractivity (Wildman–Crippen MR) is 61.9 cm³/mol. The zero-order valence-corrected chi connectivity index (χ0v) is 11.1. The van der Waals surface area contributed by atoms with Crippen LogP contribution in [0.3, 0.4) is 0 Å². The number of hydrogen-bond donors (Lipinski definition) is 1. The van der Waals surface area contributed by atoms with Crippen molar-refractivity contribution in [1.29, 1.82) is 0 Å². The number of alkyl halides is 3. The fourth-order valence-electron chi connectivity index (χ4n) is 1.50. The molecular formula is C11H13F4NO2S. The van der Waals surface area contributed by atoms with E-state index in [-0.39, 0.29) is 18.0 Å². The molecule has 1 aromatic carbocycles. The van der Waals surface area contributed by atoms with Crippen LogP contribution >= 0.6 is 0 Å². The summed E-state index contributed by atoms with van der Waals surface area (Å²) in [5.74, 6) is -1.02. The van der Waals surface area contributed by atoms with Gasteiger partial charge in [-0.3, -0.25) is 0 Å². The molecule has 3 nitrogen and oxygen atoms in total. The molecule has 0 aromatic heterocycles. The summed E-state index contributed by atoms with van der Waals surface area (Å²) in [4.78, 5) is -1.03. The van der Waals surface area contributed by atoms with E-state index in [2.05, 4.69) is 5.32 Å². The molecule has 1 N–H and O–H groups in total. The Labute approximate surface area is 108 Å². The second-order valence-electron chi connectivity index (χ2n) is 4.10. The average molecular weight is 299 g/mol. The molecule has 8 heteroatoms. The zero-order valence-electron chi connectivity index (χ0n) is 10.3. The van der Waals surface area contributed by atoms with Gasteiger partial charge in [-0.2, -0.15) is 13.2 Å². The van der Waals surface area contributed by atoms with Gasteiger partial charge in [-0.05, 0) is 38.1 Å². The van der Waals surface area contributed by atoms with E-state index >= 15 is 0 Å². The molecule has 0 heterocycles. The number of benzene rings is 1. The van der Waals surface area contributed by atoms with E-state index in [4.69, 9.17) is 0 Å². The van der Waals surface area contributed by atoms with Crippen molar-refractivity contribution in [3.8, 4) is 0 Å². The van der Waals surface area contributed by atoms with Crippen LogP contribution in [0.2, 0.25) is 0 Å². The van der Waals surface area contributed by atoms with Crippen LogP contribution in [0.5, 0.6) is 0 Å². The van der Waals surface area contributed by atoms with E-state index in [0.717, 1.165) is 12.1 Å². The lowest BCUT2D eigenvalue weighted by Crippen LogP contribution is -2.28. The molecule has 0 fully saturated rings. The quantitative estimate of drug-likeness (QED) is 0.868. The first-order valence-electron chi connectivity index (χ1n) is 5.36. The molecule has 0 aliphatic rings. The zero-order chi connectivity index (χ0) is 14.8. The summed E-state index contributed by atoms with van der Waals surface area (Å²) in [5, 5.41) is 2.78. The van der Waals surface area contributed by atoms with Crippen LogP contribution in [-0.2, 0) is 16.3 Å². The molecular weight excluding hydrogens is 286 g/mol. The Bertz CT molecular complexity index is 554. The SMILES string of the molecule is CNC(C)Cc1ccc(F)cc1S(=O)(=O)C(F)(F)F. The summed E-state index contributed by atoms with van der Waals surface area (Å²) >= 11 is 0. The fourth-order valence-corrected chi connectivity index (χ4v) is 2.52. The Hall–Kier alpha value is -1.15. The van der Waals surface area contributed by atoms with Crippen LogP contribution < -0.4 is 5.32 Å². The first-order chi connectivity index (χ1) is 8.59. The molecule has 108 valence electrons. The number of rotatable bonds is 4. The third kappa shape index (κ3) is 3.44. The van der Waals surface area contributed by atoms with E-state index < -0.39 is 26.1 Å². The molecule has 0 radical (unpaired) electrons. The normalized spacial score (nSPS) is 14.4. The molecule has 1 aromatic rings. The summed E-state index contributed by atoms with van der Waals surface area (Å²) in [7, 11) is -3.96. The van der Waals surface area contributed by atoms with E-state index in [0.29, 0.717) is 6.07 Å². The minimum atomic E-state index is -5.55. The maximum absolute atomic E-state index is 13.0. The first kappa shape index (κ1) is 15.9. The molecule has 0 saturated heterocycles. The van der Waals surface area contributed by atoms with Crippen molar-refractivity contribution in [2.75, 3.05) is 7.05 Å². The van der Waals surface area contributed by atoms with Crippen molar-refractivity contribution in [3.63, 3.8) is 0 Å². The Balaban J connectivity index is 3.37. The Kier molecular flexibility index (Phi) is 4.57. The molecule has 0 aliphatic heterocycles. The van der Waals surface area contributed by atoms with Gasteiger partial charge in [0.05, 0.1) is 4.90 Å². The van der Waals surface area contributed by atoms with Gasteiger partial charge in [0.1, 0.15) is 5.82 Å². The van der Waals surface area contributed by atoms with E-state index in [9.17, 15) is 26.0 Å².